The van der Waals surface area contributed by atoms with Gasteiger partial charge in [-0.3, -0.25) is 4.98 Å². The molecule has 0 fully saturated rings. The van der Waals surface area contributed by atoms with E-state index in [-0.39, 0.29) is 12.1 Å². The molecule has 19 heavy (non-hydrogen) atoms. The molecule has 2 aromatic heterocycles. The molecule has 1 unspecified atom stereocenters. The number of aromatic nitrogens is 4. The van der Waals surface area contributed by atoms with E-state index in [1.807, 2.05) is 25.1 Å². The molecular formula is C12H17N7. The number of nitrogens with zero attached hydrogens (tertiary/aromatic N) is 5. The summed E-state index contributed by atoms with van der Waals surface area (Å²) >= 11 is 0. The van der Waals surface area contributed by atoms with Crippen LogP contribution < -0.4 is 11.5 Å². The van der Waals surface area contributed by atoms with Crippen LogP contribution in [0.4, 0.5) is 0 Å². The minimum absolute atomic E-state index is 0.238. The monoisotopic (exact) mass is 259 g/mol. The highest BCUT2D eigenvalue weighted by molar-refractivity contribution is 5.80. The standard InChI is InChI=1S/C12H17N7/c1-3-10-17-11(9-6-4-5-7-15-9)18-19(10)12(14)16-8(2)13/h4-8H,3,13H2,1-2H3,(H2,14,16). The third-order valence-electron chi connectivity index (χ3n) is 2.44. The molecule has 0 radical (unpaired) electrons. The highest BCUT2D eigenvalue weighted by Gasteiger charge is 2.13. The number of hydrogen-bond acceptors (Lipinski definition) is 5. The summed E-state index contributed by atoms with van der Waals surface area (Å²) in [5, 5.41) is 4.34. The van der Waals surface area contributed by atoms with Gasteiger partial charge in [0.2, 0.25) is 11.8 Å². The molecule has 0 amide bonds. The fourth-order valence-electron chi connectivity index (χ4n) is 1.62. The van der Waals surface area contributed by atoms with Crippen molar-refractivity contribution in [3.8, 4) is 11.5 Å². The van der Waals surface area contributed by atoms with Gasteiger partial charge in [0.25, 0.3) is 0 Å². The van der Waals surface area contributed by atoms with Crippen LogP contribution in [0.2, 0.25) is 0 Å². The number of nitrogens with two attached hydrogens (primary N) is 2. The molecule has 0 aliphatic heterocycles. The average molecular weight is 259 g/mol. The maximum Gasteiger partial charge on any atom is 0.219 e. The summed E-state index contributed by atoms with van der Waals surface area (Å²) in [5.74, 6) is 1.49. The molecule has 100 valence electrons. The third-order valence-corrected chi connectivity index (χ3v) is 2.44. The molecule has 1 atom stereocenters. The summed E-state index contributed by atoms with van der Waals surface area (Å²) in [6, 6.07) is 5.57. The highest BCUT2D eigenvalue weighted by Crippen LogP contribution is 2.12. The Morgan fingerprint density at radius 3 is 2.84 bits per heavy atom. The molecule has 0 aromatic carbocycles. The highest BCUT2D eigenvalue weighted by atomic mass is 15.4. The zero-order valence-corrected chi connectivity index (χ0v) is 11.0. The second kappa shape index (κ2) is 5.57. The van der Waals surface area contributed by atoms with E-state index < -0.39 is 0 Å². The van der Waals surface area contributed by atoms with Crippen molar-refractivity contribution in [1.29, 1.82) is 0 Å². The first-order valence-corrected chi connectivity index (χ1v) is 6.08. The van der Waals surface area contributed by atoms with Crippen molar-refractivity contribution in [2.75, 3.05) is 0 Å². The predicted octanol–water partition coefficient (Wildman–Crippen LogP) is 0.370. The van der Waals surface area contributed by atoms with Crippen molar-refractivity contribution in [2.24, 2.45) is 16.5 Å². The second-order valence-electron chi connectivity index (χ2n) is 4.06. The summed E-state index contributed by atoms with van der Waals surface area (Å²) < 4.78 is 1.51. The molecule has 0 bridgehead atoms. The molecule has 0 aliphatic carbocycles. The van der Waals surface area contributed by atoms with Gasteiger partial charge in [-0.15, -0.1) is 5.10 Å². The summed E-state index contributed by atoms with van der Waals surface area (Å²) in [6.45, 7) is 3.72. The van der Waals surface area contributed by atoms with Crippen molar-refractivity contribution >= 4 is 5.96 Å². The van der Waals surface area contributed by atoms with Crippen molar-refractivity contribution in [1.82, 2.24) is 19.7 Å². The summed E-state index contributed by atoms with van der Waals surface area (Å²) in [7, 11) is 0. The van der Waals surface area contributed by atoms with E-state index in [0.29, 0.717) is 17.9 Å². The largest absolute Gasteiger partial charge is 0.368 e. The number of aliphatic imine (C=N–C) groups is 1. The predicted molar refractivity (Wildman–Crippen MR) is 73.3 cm³/mol. The van der Waals surface area contributed by atoms with Crippen LogP contribution in [0.1, 0.15) is 19.7 Å². The lowest BCUT2D eigenvalue weighted by atomic mass is 10.3. The Hall–Kier alpha value is -2.28. The van der Waals surface area contributed by atoms with Crippen LogP contribution >= 0.6 is 0 Å². The van der Waals surface area contributed by atoms with Crippen LogP contribution in [-0.2, 0) is 6.42 Å². The lowest BCUT2D eigenvalue weighted by Crippen LogP contribution is -2.29. The fraction of sp³-hybridized carbons (Fsp3) is 0.333. The van der Waals surface area contributed by atoms with Gasteiger partial charge in [-0.2, -0.15) is 4.68 Å². The van der Waals surface area contributed by atoms with E-state index in [0.717, 1.165) is 5.82 Å². The fourth-order valence-corrected chi connectivity index (χ4v) is 1.62. The molecule has 2 heterocycles. The Morgan fingerprint density at radius 1 is 1.47 bits per heavy atom. The maximum absolute atomic E-state index is 5.87. The zero-order valence-electron chi connectivity index (χ0n) is 11.0. The lowest BCUT2D eigenvalue weighted by molar-refractivity contribution is 0.757. The average Bonchev–Trinajstić information content (AvgIpc) is 2.83. The Labute approximate surface area is 111 Å². The quantitative estimate of drug-likeness (QED) is 0.611. The Balaban J connectivity index is 2.44. The van der Waals surface area contributed by atoms with Gasteiger partial charge >= 0.3 is 0 Å². The van der Waals surface area contributed by atoms with Gasteiger partial charge in [0, 0.05) is 12.6 Å². The van der Waals surface area contributed by atoms with Gasteiger partial charge in [-0.1, -0.05) is 13.0 Å². The summed E-state index contributed by atoms with van der Waals surface area (Å²) in [5.41, 5.74) is 12.2. The lowest BCUT2D eigenvalue weighted by Gasteiger charge is -2.04. The van der Waals surface area contributed by atoms with Gasteiger partial charge in [0.05, 0.1) is 6.17 Å². The van der Waals surface area contributed by atoms with Crippen molar-refractivity contribution in [2.45, 2.75) is 26.4 Å². The van der Waals surface area contributed by atoms with Crippen molar-refractivity contribution < 1.29 is 0 Å². The van der Waals surface area contributed by atoms with E-state index in [4.69, 9.17) is 11.5 Å². The molecule has 4 N–H and O–H groups in total. The number of aryl methyl sites for hydroxylation is 1. The first kappa shape index (κ1) is 13.2. The second-order valence-corrected chi connectivity index (χ2v) is 4.06. The normalized spacial score (nSPS) is 13.5. The van der Waals surface area contributed by atoms with Gasteiger partial charge < -0.3 is 11.5 Å². The molecule has 2 rings (SSSR count). The Morgan fingerprint density at radius 2 is 2.26 bits per heavy atom. The minimum Gasteiger partial charge on any atom is -0.368 e. The van der Waals surface area contributed by atoms with Crippen molar-refractivity contribution in [3.63, 3.8) is 0 Å². The first-order chi connectivity index (χ1) is 9.11. The molecule has 2 aromatic rings. The van der Waals surface area contributed by atoms with E-state index in [1.54, 1.807) is 13.1 Å². The number of rotatable bonds is 3. The van der Waals surface area contributed by atoms with E-state index in [2.05, 4.69) is 20.1 Å². The maximum atomic E-state index is 5.87. The summed E-state index contributed by atoms with van der Waals surface area (Å²) in [4.78, 5) is 12.7. The van der Waals surface area contributed by atoms with Gasteiger partial charge in [-0.05, 0) is 19.1 Å². The van der Waals surface area contributed by atoms with Crippen LogP contribution in [0.15, 0.2) is 29.4 Å². The molecule has 7 heteroatoms. The number of pyridine rings is 1. The third kappa shape index (κ3) is 2.94. The van der Waals surface area contributed by atoms with E-state index in [9.17, 15) is 0 Å². The zero-order chi connectivity index (χ0) is 13.8. The summed E-state index contributed by atoms with van der Waals surface area (Å²) in [6.07, 6.45) is 2.00. The molecule has 7 nitrogen and oxygen atoms in total. The SMILES string of the molecule is CCc1nc(-c2ccccn2)nn1C(N)=NC(C)N. The Kier molecular flexibility index (Phi) is 3.86. The number of hydrogen-bond donors (Lipinski definition) is 2. The molecule has 0 spiro atoms. The van der Waals surface area contributed by atoms with Crippen LogP contribution in [0.3, 0.4) is 0 Å². The topological polar surface area (TPSA) is 108 Å². The van der Waals surface area contributed by atoms with Crippen LogP contribution in [-0.4, -0.2) is 31.9 Å². The Bertz CT molecular complexity index is 571. The van der Waals surface area contributed by atoms with Gasteiger partial charge in [-0.25, -0.2) is 9.98 Å². The van der Waals surface area contributed by atoms with Gasteiger partial charge in [0.15, 0.2) is 0 Å². The van der Waals surface area contributed by atoms with Gasteiger partial charge in [0.1, 0.15) is 11.5 Å². The van der Waals surface area contributed by atoms with E-state index >= 15 is 0 Å². The molecular weight excluding hydrogens is 242 g/mol. The van der Waals surface area contributed by atoms with Crippen LogP contribution in [0.25, 0.3) is 11.5 Å². The molecule has 0 aliphatic rings. The van der Waals surface area contributed by atoms with Crippen molar-refractivity contribution in [3.05, 3.63) is 30.2 Å². The minimum atomic E-state index is -0.382. The van der Waals surface area contributed by atoms with Crippen LogP contribution in [0.5, 0.6) is 0 Å². The van der Waals surface area contributed by atoms with Crippen LogP contribution in [0, 0.1) is 0 Å². The smallest absolute Gasteiger partial charge is 0.219 e. The first-order valence-electron chi connectivity index (χ1n) is 6.08. The molecule has 0 saturated carbocycles. The van der Waals surface area contributed by atoms with E-state index in [1.165, 1.54) is 4.68 Å². The molecule has 0 saturated heterocycles.